The van der Waals surface area contributed by atoms with E-state index in [0.717, 1.165) is 22.7 Å². The van der Waals surface area contributed by atoms with Crippen LogP contribution in [0.15, 0.2) is 40.9 Å². The molecule has 0 saturated carbocycles. The van der Waals surface area contributed by atoms with Crippen molar-refractivity contribution in [1.29, 1.82) is 0 Å². The standard InChI is InChI=1S/C15H15BrFNO2/c1-19-12-4-6-15(20-2)10(7-12)9-18-11-3-5-14(17)13(16)8-11/h3-8,18H,9H2,1-2H3. The van der Waals surface area contributed by atoms with Gasteiger partial charge in [-0.2, -0.15) is 0 Å². The zero-order valence-electron chi connectivity index (χ0n) is 11.2. The van der Waals surface area contributed by atoms with E-state index in [1.807, 2.05) is 18.2 Å². The molecule has 0 aliphatic rings. The van der Waals surface area contributed by atoms with E-state index in [9.17, 15) is 4.39 Å². The van der Waals surface area contributed by atoms with Crippen LogP contribution in [0.3, 0.4) is 0 Å². The third-order valence-corrected chi connectivity index (χ3v) is 3.50. The molecule has 0 amide bonds. The van der Waals surface area contributed by atoms with Crippen molar-refractivity contribution in [3.63, 3.8) is 0 Å². The van der Waals surface area contributed by atoms with Crippen LogP contribution < -0.4 is 14.8 Å². The van der Waals surface area contributed by atoms with E-state index in [0.29, 0.717) is 11.0 Å². The van der Waals surface area contributed by atoms with Gasteiger partial charge < -0.3 is 14.8 Å². The molecular weight excluding hydrogens is 325 g/mol. The van der Waals surface area contributed by atoms with E-state index in [-0.39, 0.29) is 5.82 Å². The number of ether oxygens (including phenoxy) is 2. The van der Waals surface area contributed by atoms with Crippen molar-refractivity contribution in [1.82, 2.24) is 0 Å². The Hall–Kier alpha value is -1.75. The largest absolute Gasteiger partial charge is 0.497 e. The lowest BCUT2D eigenvalue weighted by atomic mass is 10.2. The second-order valence-electron chi connectivity index (χ2n) is 4.16. The predicted molar refractivity (Wildman–Crippen MR) is 81.0 cm³/mol. The first-order chi connectivity index (χ1) is 9.63. The molecule has 0 bridgehead atoms. The third-order valence-electron chi connectivity index (χ3n) is 2.89. The zero-order chi connectivity index (χ0) is 14.5. The van der Waals surface area contributed by atoms with Crippen LogP contribution in [0.4, 0.5) is 10.1 Å². The van der Waals surface area contributed by atoms with Gasteiger partial charge in [-0.15, -0.1) is 0 Å². The third kappa shape index (κ3) is 3.42. The van der Waals surface area contributed by atoms with Crippen molar-refractivity contribution < 1.29 is 13.9 Å². The normalized spacial score (nSPS) is 10.2. The molecular formula is C15H15BrFNO2. The van der Waals surface area contributed by atoms with E-state index < -0.39 is 0 Å². The van der Waals surface area contributed by atoms with Gasteiger partial charge in [-0.05, 0) is 52.3 Å². The van der Waals surface area contributed by atoms with Crippen LogP contribution in [0.1, 0.15) is 5.56 Å². The van der Waals surface area contributed by atoms with Gasteiger partial charge in [-0.3, -0.25) is 0 Å². The molecule has 2 aromatic carbocycles. The summed E-state index contributed by atoms with van der Waals surface area (Å²) in [5, 5.41) is 3.22. The van der Waals surface area contributed by atoms with E-state index in [1.165, 1.54) is 6.07 Å². The molecule has 20 heavy (non-hydrogen) atoms. The summed E-state index contributed by atoms with van der Waals surface area (Å²) < 4.78 is 24.1. The van der Waals surface area contributed by atoms with Crippen molar-refractivity contribution in [2.24, 2.45) is 0 Å². The highest BCUT2D eigenvalue weighted by molar-refractivity contribution is 9.10. The van der Waals surface area contributed by atoms with E-state index in [1.54, 1.807) is 26.4 Å². The Labute approximate surface area is 125 Å². The number of rotatable bonds is 5. The molecule has 0 fully saturated rings. The van der Waals surface area contributed by atoms with E-state index in [4.69, 9.17) is 9.47 Å². The Morgan fingerprint density at radius 3 is 2.55 bits per heavy atom. The molecule has 0 atom stereocenters. The molecule has 0 aliphatic heterocycles. The van der Waals surface area contributed by atoms with Crippen molar-refractivity contribution >= 4 is 21.6 Å². The van der Waals surface area contributed by atoms with Crippen LogP contribution in [0, 0.1) is 5.82 Å². The molecule has 5 heteroatoms. The fourth-order valence-electron chi connectivity index (χ4n) is 1.82. The highest BCUT2D eigenvalue weighted by Crippen LogP contribution is 2.26. The second kappa shape index (κ2) is 6.61. The molecule has 0 unspecified atom stereocenters. The number of nitrogens with one attached hydrogen (secondary N) is 1. The van der Waals surface area contributed by atoms with Gasteiger partial charge in [0.2, 0.25) is 0 Å². The van der Waals surface area contributed by atoms with Gasteiger partial charge in [0.05, 0.1) is 18.7 Å². The summed E-state index contributed by atoms with van der Waals surface area (Å²) in [7, 11) is 3.25. The average molecular weight is 340 g/mol. The zero-order valence-corrected chi connectivity index (χ0v) is 12.8. The van der Waals surface area contributed by atoms with Crippen LogP contribution in [0.2, 0.25) is 0 Å². The Bertz CT molecular complexity index is 604. The minimum atomic E-state index is -0.283. The summed E-state index contributed by atoms with van der Waals surface area (Å²) in [6.45, 7) is 0.554. The van der Waals surface area contributed by atoms with Crippen LogP contribution in [-0.4, -0.2) is 14.2 Å². The monoisotopic (exact) mass is 339 g/mol. The maximum absolute atomic E-state index is 13.2. The molecule has 2 rings (SSSR count). The highest BCUT2D eigenvalue weighted by Gasteiger charge is 2.06. The van der Waals surface area contributed by atoms with Gasteiger partial charge in [0, 0.05) is 17.8 Å². The lowest BCUT2D eigenvalue weighted by Crippen LogP contribution is -2.02. The summed E-state index contributed by atoms with van der Waals surface area (Å²) >= 11 is 3.16. The summed E-state index contributed by atoms with van der Waals surface area (Å²) in [5.74, 6) is 1.26. The molecule has 106 valence electrons. The fourth-order valence-corrected chi connectivity index (χ4v) is 2.20. The first kappa shape index (κ1) is 14.7. The van der Waals surface area contributed by atoms with Gasteiger partial charge in [0.25, 0.3) is 0 Å². The summed E-state index contributed by atoms with van der Waals surface area (Å²) in [6.07, 6.45) is 0. The molecule has 2 aromatic rings. The van der Waals surface area contributed by atoms with Gasteiger partial charge >= 0.3 is 0 Å². The van der Waals surface area contributed by atoms with Crippen LogP contribution in [-0.2, 0) is 6.54 Å². The first-order valence-corrected chi connectivity index (χ1v) is 6.83. The summed E-state index contributed by atoms with van der Waals surface area (Å²) in [5.41, 5.74) is 1.79. The van der Waals surface area contributed by atoms with Crippen LogP contribution in [0.25, 0.3) is 0 Å². The minimum Gasteiger partial charge on any atom is -0.497 e. The predicted octanol–water partition coefficient (Wildman–Crippen LogP) is 4.22. The van der Waals surface area contributed by atoms with Crippen molar-refractivity contribution in [2.45, 2.75) is 6.54 Å². The second-order valence-corrected chi connectivity index (χ2v) is 5.01. The molecule has 0 aliphatic carbocycles. The van der Waals surface area contributed by atoms with Crippen molar-refractivity contribution in [3.8, 4) is 11.5 Å². The molecule has 0 saturated heterocycles. The molecule has 0 radical (unpaired) electrons. The number of benzene rings is 2. The number of methoxy groups -OCH3 is 2. The maximum Gasteiger partial charge on any atom is 0.137 e. The number of halogens is 2. The fraction of sp³-hybridized carbons (Fsp3) is 0.200. The summed E-state index contributed by atoms with van der Waals surface area (Å²) in [4.78, 5) is 0. The Kier molecular flexibility index (Phi) is 4.84. The SMILES string of the molecule is COc1ccc(OC)c(CNc2ccc(F)c(Br)c2)c1. The Balaban J connectivity index is 2.15. The Morgan fingerprint density at radius 2 is 1.90 bits per heavy atom. The smallest absolute Gasteiger partial charge is 0.137 e. The molecule has 0 aromatic heterocycles. The molecule has 0 spiro atoms. The topological polar surface area (TPSA) is 30.5 Å². The number of hydrogen-bond acceptors (Lipinski definition) is 3. The maximum atomic E-state index is 13.2. The lowest BCUT2D eigenvalue weighted by Gasteiger charge is -2.12. The molecule has 3 nitrogen and oxygen atoms in total. The highest BCUT2D eigenvalue weighted by atomic mass is 79.9. The van der Waals surface area contributed by atoms with Gasteiger partial charge in [-0.25, -0.2) is 4.39 Å². The van der Waals surface area contributed by atoms with Crippen molar-refractivity contribution in [2.75, 3.05) is 19.5 Å². The van der Waals surface area contributed by atoms with E-state index >= 15 is 0 Å². The van der Waals surface area contributed by atoms with Crippen molar-refractivity contribution in [3.05, 3.63) is 52.3 Å². The number of anilines is 1. The Morgan fingerprint density at radius 1 is 1.10 bits per heavy atom. The first-order valence-electron chi connectivity index (χ1n) is 6.04. The quantitative estimate of drug-likeness (QED) is 0.884. The molecule has 1 N–H and O–H groups in total. The van der Waals surface area contributed by atoms with Gasteiger partial charge in [0.1, 0.15) is 17.3 Å². The minimum absolute atomic E-state index is 0.283. The van der Waals surface area contributed by atoms with E-state index in [2.05, 4.69) is 21.2 Å². The lowest BCUT2D eigenvalue weighted by molar-refractivity contribution is 0.399. The average Bonchev–Trinajstić information content (AvgIpc) is 2.48. The molecule has 0 heterocycles. The number of hydrogen-bond donors (Lipinski definition) is 1. The van der Waals surface area contributed by atoms with Crippen LogP contribution in [0.5, 0.6) is 11.5 Å². The van der Waals surface area contributed by atoms with Gasteiger partial charge in [0.15, 0.2) is 0 Å². The van der Waals surface area contributed by atoms with Gasteiger partial charge in [-0.1, -0.05) is 0 Å². The summed E-state index contributed by atoms with van der Waals surface area (Å²) in [6, 6.07) is 10.4. The van der Waals surface area contributed by atoms with Crippen LogP contribution >= 0.6 is 15.9 Å².